The summed E-state index contributed by atoms with van der Waals surface area (Å²) >= 11 is 0. The highest BCUT2D eigenvalue weighted by atomic mass is 16.8. The second kappa shape index (κ2) is 69.0. The molecule has 7 aliphatic rings. The van der Waals surface area contributed by atoms with E-state index in [-0.39, 0.29) is 187 Å². The van der Waals surface area contributed by atoms with Crippen molar-refractivity contribution in [3.8, 4) is 0 Å². The molecule has 0 aromatic rings. The van der Waals surface area contributed by atoms with Gasteiger partial charge in [0, 0.05) is 91.0 Å². The highest BCUT2D eigenvalue weighted by molar-refractivity contribution is 5.90. The zero-order valence-electron chi connectivity index (χ0n) is 83.6. The summed E-state index contributed by atoms with van der Waals surface area (Å²) in [5.41, 5.74) is 0. The predicted molar refractivity (Wildman–Crippen MR) is 500 cm³/mol. The Labute approximate surface area is 864 Å². The van der Waals surface area contributed by atoms with Crippen molar-refractivity contribution in [2.24, 2.45) is 0 Å². The van der Waals surface area contributed by atoms with E-state index in [9.17, 15) is 176 Å². The number of unbranched alkanes of at least 4 members (excludes halogenated alkanes) is 8. The summed E-state index contributed by atoms with van der Waals surface area (Å²) in [5, 5.41) is 293. The van der Waals surface area contributed by atoms with E-state index in [1.54, 1.807) is 0 Å². The van der Waals surface area contributed by atoms with E-state index in [2.05, 4.69) is 31.9 Å². The molecule has 36 atom stereocenters. The van der Waals surface area contributed by atoms with E-state index in [1.807, 2.05) is 0 Å². The van der Waals surface area contributed by atoms with Crippen molar-refractivity contribution < 1.29 is 247 Å². The summed E-state index contributed by atoms with van der Waals surface area (Å²) < 4.78 is 78.0. The average Bonchev–Trinajstić information content (AvgIpc) is 0.778. The van der Waals surface area contributed by atoms with E-state index in [0.29, 0.717) is 57.8 Å². The van der Waals surface area contributed by atoms with Crippen molar-refractivity contribution in [1.29, 1.82) is 0 Å². The molecule has 33 N–H and O–H groups in total. The van der Waals surface area contributed by atoms with Crippen LogP contribution in [0.3, 0.4) is 0 Å². The molecule has 0 saturated carbocycles. The fourth-order valence-electron chi connectivity index (χ4n) is 17.3. The fourth-order valence-corrected chi connectivity index (χ4v) is 17.3. The standard InChI is InChI=1S/C91H161N9O50/c101-40-48-63(116)70(123)76(129)85(143-48)137-32-13-28-99(29-14-33-138-86-77(130)71(124)64(117)49(41-102)144-86)60(112)18-6-2-10-23-92-56(108)22-21-47(84(136)96-26-12-3-7-19-61(113)100(30-15-34-139-87-78(131)72(125)65(118)50(42-103)145-87)31-16-35-140-88-79(132)73(126)66(119)51(43-104)146-88)97-59(111)39-98(38-58(110)94-25-11-4-8-20-62(114)115)37-57(109)93-24-9-1-5-17-55(107)95-27-36-141-90-82(135)83(150-91-81(134)75(128)68(121)53(45-106)148-91)69(122)54(149-90)46-142-89-80(133)74(127)67(120)52(44-105)147-89/h47-54,63-83,85-91,101-106,116-135H,1-46H2,(H,92,108)(H,93,109)(H,94,110)(H,95,107)(H,96,136)(H,97,111)(H,114,115)/t47-,48+,49+,50+,51+,52+,53+,54+,63+,64+,65+,66+,67+,68+,69+,70-,71-,72-,73-,74-,75-,76-,77-,78-,79-,80-,81-,82-,83-,85-,86-,87-,88-,89-,90-,91+/m0/s1. The predicted octanol–water partition coefficient (Wildman–Crippen LogP) is -16.6. The van der Waals surface area contributed by atoms with Gasteiger partial charge in [0.15, 0.2) is 44.0 Å². The van der Waals surface area contributed by atoms with Crippen LogP contribution in [0.5, 0.6) is 0 Å². The van der Waals surface area contributed by atoms with Crippen LogP contribution in [0.2, 0.25) is 0 Å². The molecular weight excluding hydrogens is 2020 g/mol. The first-order valence-corrected chi connectivity index (χ1v) is 51.0. The molecule has 0 aliphatic carbocycles. The van der Waals surface area contributed by atoms with Gasteiger partial charge in [0.1, 0.15) is 177 Å². The zero-order valence-corrected chi connectivity index (χ0v) is 83.6. The molecule has 0 bridgehead atoms. The number of amides is 8. The lowest BCUT2D eigenvalue weighted by Gasteiger charge is -2.46. The monoisotopic (exact) mass is 2180 g/mol. The van der Waals surface area contributed by atoms with Crippen molar-refractivity contribution >= 4 is 53.2 Å². The Balaban J connectivity index is 0.955. The summed E-state index contributed by atoms with van der Waals surface area (Å²) in [6.07, 6.45) is -54.7. The molecule has 7 fully saturated rings. The van der Waals surface area contributed by atoms with Crippen molar-refractivity contribution in [2.45, 2.75) is 362 Å². The van der Waals surface area contributed by atoms with Crippen LogP contribution in [0.4, 0.5) is 0 Å². The Morgan fingerprint density at radius 3 is 0.907 bits per heavy atom. The minimum atomic E-state index is -2.01. The van der Waals surface area contributed by atoms with E-state index < -0.39 is 328 Å². The second-order valence-electron chi connectivity index (χ2n) is 37.8. The molecule has 150 heavy (non-hydrogen) atoms. The zero-order chi connectivity index (χ0) is 110. The van der Waals surface area contributed by atoms with Gasteiger partial charge < -0.3 is 246 Å². The fraction of sp³-hybridized carbons (Fsp3) is 0.901. The van der Waals surface area contributed by atoms with Crippen molar-refractivity contribution in [1.82, 2.24) is 46.6 Å². The molecule has 7 heterocycles. The summed E-state index contributed by atoms with van der Waals surface area (Å²) in [4.78, 5) is 126. The van der Waals surface area contributed by atoms with Crippen molar-refractivity contribution in [3.05, 3.63) is 0 Å². The number of carboxylic acid groups (broad SMARTS) is 1. The molecule has 870 valence electrons. The van der Waals surface area contributed by atoms with Gasteiger partial charge in [-0.2, -0.15) is 0 Å². The number of rotatable bonds is 70. The van der Waals surface area contributed by atoms with Crippen LogP contribution in [0, 0.1) is 0 Å². The maximum atomic E-state index is 14.3. The molecule has 7 aliphatic heterocycles. The minimum absolute atomic E-state index is 0.0171. The number of hydrogen-bond donors (Lipinski definition) is 33. The normalized spacial score (nSPS) is 33.4. The highest BCUT2D eigenvalue weighted by Gasteiger charge is 2.54. The third-order valence-corrected chi connectivity index (χ3v) is 26.2. The Bertz CT molecular complexity index is 3780. The molecule has 7 rings (SSSR count). The van der Waals surface area contributed by atoms with E-state index in [0.717, 1.165) is 0 Å². The molecule has 59 nitrogen and oxygen atoms in total. The Morgan fingerprint density at radius 1 is 0.260 bits per heavy atom. The molecule has 0 unspecified atom stereocenters. The third-order valence-electron chi connectivity index (χ3n) is 26.2. The van der Waals surface area contributed by atoms with Gasteiger partial charge in [0.2, 0.25) is 47.3 Å². The summed E-state index contributed by atoms with van der Waals surface area (Å²) in [7, 11) is 0. The molecule has 7 saturated heterocycles. The topological polar surface area (TPSA) is 911 Å². The quantitative estimate of drug-likeness (QED) is 0.0251. The van der Waals surface area contributed by atoms with E-state index in [4.69, 9.17) is 71.4 Å². The number of aliphatic hydroxyl groups excluding tert-OH is 26. The van der Waals surface area contributed by atoms with Crippen molar-refractivity contribution in [2.75, 3.05) is 158 Å². The number of carbonyl (C=O) groups excluding carboxylic acids is 8. The van der Waals surface area contributed by atoms with Gasteiger partial charge >= 0.3 is 5.97 Å². The van der Waals surface area contributed by atoms with Gasteiger partial charge in [0.05, 0.1) is 98.9 Å². The first-order chi connectivity index (χ1) is 71.6. The molecule has 8 amide bonds. The minimum Gasteiger partial charge on any atom is -0.481 e. The Kier molecular flexibility index (Phi) is 60.0. The number of carboxylic acids is 1. The third kappa shape index (κ3) is 41.9. The number of aliphatic carboxylic acids is 1. The number of carbonyl (C=O) groups is 9. The molecular formula is C91H161N9O50. The molecule has 0 aromatic carbocycles. The maximum Gasteiger partial charge on any atom is 0.303 e. The number of ether oxygens (including phenoxy) is 14. The van der Waals surface area contributed by atoms with Gasteiger partial charge in [0.25, 0.3) is 0 Å². The lowest BCUT2D eigenvalue weighted by atomic mass is 9.96. The van der Waals surface area contributed by atoms with Crippen molar-refractivity contribution in [3.63, 3.8) is 0 Å². The summed E-state index contributed by atoms with van der Waals surface area (Å²) in [6.45, 7) is -8.06. The Hall–Kier alpha value is -6.41. The van der Waals surface area contributed by atoms with Crippen LogP contribution in [0.1, 0.15) is 141 Å². The van der Waals surface area contributed by atoms with E-state index in [1.165, 1.54) is 14.7 Å². The first-order valence-electron chi connectivity index (χ1n) is 51.0. The molecule has 0 spiro atoms. The van der Waals surface area contributed by atoms with Crippen LogP contribution in [-0.4, -0.2) is 585 Å². The molecule has 0 aromatic heterocycles. The van der Waals surface area contributed by atoms with Crippen LogP contribution < -0.4 is 31.9 Å². The maximum absolute atomic E-state index is 14.3. The largest absolute Gasteiger partial charge is 0.481 e. The van der Waals surface area contributed by atoms with Crippen LogP contribution in [0.15, 0.2) is 0 Å². The smallest absolute Gasteiger partial charge is 0.303 e. The van der Waals surface area contributed by atoms with Gasteiger partial charge in [-0.3, -0.25) is 48.1 Å². The van der Waals surface area contributed by atoms with Gasteiger partial charge in [-0.15, -0.1) is 0 Å². The first kappa shape index (κ1) is 130. The van der Waals surface area contributed by atoms with Crippen LogP contribution >= 0.6 is 0 Å². The van der Waals surface area contributed by atoms with Gasteiger partial charge in [-0.25, -0.2) is 0 Å². The summed E-state index contributed by atoms with van der Waals surface area (Å²) in [6, 6.07) is -1.46. The second-order valence-corrected chi connectivity index (χ2v) is 37.8. The SMILES string of the molecule is O=C(O)CCCCCNC(=O)CN(CC(=O)NCCCCCC(=O)NCCO[C@H]1O[C@H](CO[C@H]2O[C@H](CO)[C@@H](O)[C@H](O)[C@@H]2O)[C@@H](O)[C@H](O[C@H]2O[C@H](CO)[C@@H](O)[C@H](O)[C@@H]2O)[C@@H]1O)CC(=O)N[C@@H](CCC(=O)NCCCCCC(=O)N(CCCO[C@H]1O[C@H](CO)[C@@H](O)[C@H](O)[C@@H]1O)CCCO[C@H]1O[C@H](CO)[C@@H](O)[C@H](O)[C@@H]1O)C(=O)NCCCCCC(=O)N(CCCO[C@H]1O[C@H](CO)[C@@H](O)[C@H](O)[C@@H]1O)CCCO[C@H]1O[C@H](CO)[C@@H](O)[C@H](O)[C@@H]1O. The number of nitrogens with one attached hydrogen (secondary N) is 6. The summed E-state index contributed by atoms with van der Waals surface area (Å²) in [5.74, 6) is -5.81. The molecule has 0 radical (unpaired) electrons. The van der Waals surface area contributed by atoms with Crippen LogP contribution in [0.25, 0.3) is 0 Å². The van der Waals surface area contributed by atoms with Crippen LogP contribution in [-0.2, 0) is 109 Å². The van der Waals surface area contributed by atoms with Gasteiger partial charge in [-0.05, 0) is 83.5 Å². The average molecular weight is 2180 g/mol. The highest BCUT2D eigenvalue weighted by Crippen LogP contribution is 2.34. The van der Waals surface area contributed by atoms with E-state index >= 15 is 0 Å². The Morgan fingerprint density at radius 2 is 0.547 bits per heavy atom. The van der Waals surface area contributed by atoms with Gasteiger partial charge in [-0.1, -0.05) is 25.7 Å². The number of hydrogen-bond acceptors (Lipinski definition) is 50. The molecule has 59 heteroatoms. The number of aliphatic hydroxyl groups is 26. The lowest BCUT2D eigenvalue weighted by Crippen LogP contribution is -2.65. The number of nitrogens with zero attached hydrogens (tertiary/aromatic N) is 3. The lowest BCUT2D eigenvalue weighted by molar-refractivity contribution is -0.366.